The molecule has 0 aliphatic heterocycles. The average Bonchev–Trinajstić information content (AvgIpc) is 2.47. The van der Waals surface area contributed by atoms with Gasteiger partial charge in [-0.1, -0.05) is 30.7 Å². The molecule has 0 spiro atoms. The maximum atomic E-state index is 11.5. The third-order valence-corrected chi connectivity index (χ3v) is 3.28. The van der Waals surface area contributed by atoms with Gasteiger partial charge >= 0.3 is 0 Å². The van der Waals surface area contributed by atoms with Crippen molar-refractivity contribution in [3.8, 4) is 5.75 Å². The fourth-order valence-corrected chi connectivity index (χ4v) is 2.13. The smallest absolute Gasteiger partial charge is 0.162 e. The largest absolute Gasteiger partial charge is 0.493 e. The number of carbonyl (C=O) groups excluding carboxylic acids is 1. The maximum absolute atomic E-state index is 11.5. The number of carbonyl (C=O) groups is 1. The molecule has 2 rings (SSSR count). The van der Waals surface area contributed by atoms with Gasteiger partial charge in [0, 0.05) is 23.4 Å². The van der Waals surface area contributed by atoms with Crippen LogP contribution in [0.15, 0.2) is 48.5 Å². The van der Waals surface area contributed by atoms with Gasteiger partial charge in [-0.2, -0.15) is 0 Å². The Kier molecular flexibility index (Phi) is 5.19. The molecule has 0 heterocycles. The van der Waals surface area contributed by atoms with Crippen LogP contribution in [0.1, 0.15) is 29.3 Å². The second-order valence-corrected chi connectivity index (χ2v) is 4.97. The SMILES string of the molecule is CCC(=O)c1ccc(OCCc2cccc(Cl)c2)cc1. The number of hydrogen-bond acceptors (Lipinski definition) is 2. The highest BCUT2D eigenvalue weighted by molar-refractivity contribution is 6.30. The van der Waals surface area contributed by atoms with Crippen molar-refractivity contribution in [1.29, 1.82) is 0 Å². The monoisotopic (exact) mass is 288 g/mol. The molecule has 104 valence electrons. The molecule has 0 saturated heterocycles. The topological polar surface area (TPSA) is 26.3 Å². The summed E-state index contributed by atoms with van der Waals surface area (Å²) in [7, 11) is 0. The van der Waals surface area contributed by atoms with Crippen LogP contribution < -0.4 is 4.74 Å². The summed E-state index contributed by atoms with van der Waals surface area (Å²) in [6, 6.07) is 15.0. The highest BCUT2D eigenvalue weighted by atomic mass is 35.5. The molecule has 2 aromatic rings. The zero-order chi connectivity index (χ0) is 14.4. The number of benzene rings is 2. The summed E-state index contributed by atoms with van der Waals surface area (Å²) in [6.07, 6.45) is 1.32. The molecule has 0 radical (unpaired) electrons. The van der Waals surface area contributed by atoms with Crippen LogP contribution in [-0.4, -0.2) is 12.4 Å². The number of hydrogen-bond donors (Lipinski definition) is 0. The minimum Gasteiger partial charge on any atom is -0.493 e. The van der Waals surface area contributed by atoms with E-state index < -0.39 is 0 Å². The third kappa shape index (κ3) is 4.10. The van der Waals surface area contributed by atoms with E-state index in [0.29, 0.717) is 13.0 Å². The van der Waals surface area contributed by atoms with Crippen molar-refractivity contribution in [2.75, 3.05) is 6.61 Å². The summed E-state index contributed by atoms with van der Waals surface area (Å²) >= 11 is 5.93. The summed E-state index contributed by atoms with van der Waals surface area (Å²) in [5.74, 6) is 0.926. The molecule has 0 saturated carbocycles. The molecule has 0 fully saturated rings. The normalized spacial score (nSPS) is 10.3. The van der Waals surface area contributed by atoms with E-state index in [1.165, 1.54) is 0 Å². The Bertz CT molecular complexity index is 576. The Morgan fingerprint density at radius 3 is 2.55 bits per heavy atom. The first kappa shape index (κ1) is 14.6. The zero-order valence-corrected chi connectivity index (χ0v) is 12.2. The van der Waals surface area contributed by atoms with Crippen LogP contribution in [0.5, 0.6) is 5.75 Å². The van der Waals surface area contributed by atoms with E-state index in [0.717, 1.165) is 28.3 Å². The summed E-state index contributed by atoms with van der Waals surface area (Å²) in [4.78, 5) is 11.5. The van der Waals surface area contributed by atoms with Gasteiger partial charge in [0.15, 0.2) is 5.78 Å². The fourth-order valence-electron chi connectivity index (χ4n) is 1.92. The molecule has 0 N–H and O–H groups in total. The van der Waals surface area contributed by atoms with Gasteiger partial charge in [0.25, 0.3) is 0 Å². The molecule has 0 aromatic heterocycles. The standard InChI is InChI=1S/C17H17ClO2/c1-2-17(19)14-6-8-16(9-7-14)20-11-10-13-4-3-5-15(18)12-13/h3-9,12H,2,10-11H2,1H3. The van der Waals surface area contributed by atoms with Gasteiger partial charge in [-0.3, -0.25) is 4.79 Å². The minimum absolute atomic E-state index is 0.149. The van der Waals surface area contributed by atoms with E-state index in [1.54, 1.807) is 12.1 Å². The van der Waals surface area contributed by atoms with Gasteiger partial charge in [-0.25, -0.2) is 0 Å². The maximum Gasteiger partial charge on any atom is 0.162 e. The van der Waals surface area contributed by atoms with E-state index in [9.17, 15) is 4.79 Å². The summed E-state index contributed by atoms with van der Waals surface area (Å²) in [5, 5.41) is 0.741. The molecular formula is C17H17ClO2. The molecule has 20 heavy (non-hydrogen) atoms. The molecule has 2 aromatic carbocycles. The summed E-state index contributed by atoms with van der Waals surface area (Å²) in [6.45, 7) is 2.44. The quantitative estimate of drug-likeness (QED) is 0.729. The first-order valence-corrected chi connectivity index (χ1v) is 7.07. The van der Waals surface area contributed by atoms with E-state index in [4.69, 9.17) is 16.3 Å². The Hall–Kier alpha value is -1.80. The lowest BCUT2D eigenvalue weighted by Crippen LogP contribution is -2.02. The predicted octanol–water partition coefficient (Wildman–Crippen LogP) is 4.55. The average molecular weight is 289 g/mol. The first-order valence-electron chi connectivity index (χ1n) is 6.69. The van der Waals surface area contributed by atoms with Crippen molar-refractivity contribution < 1.29 is 9.53 Å². The Morgan fingerprint density at radius 2 is 1.90 bits per heavy atom. The molecule has 0 aliphatic carbocycles. The molecule has 2 nitrogen and oxygen atoms in total. The van der Waals surface area contributed by atoms with Crippen molar-refractivity contribution in [3.63, 3.8) is 0 Å². The lowest BCUT2D eigenvalue weighted by molar-refractivity contribution is 0.0988. The molecule has 0 unspecified atom stereocenters. The van der Waals surface area contributed by atoms with Gasteiger partial charge < -0.3 is 4.74 Å². The second-order valence-electron chi connectivity index (χ2n) is 4.53. The number of Topliss-reactive ketones (excluding diaryl/α,β-unsaturated/α-hetero) is 1. The van der Waals surface area contributed by atoms with Crippen molar-refractivity contribution in [3.05, 3.63) is 64.7 Å². The van der Waals surface area contributed by atoms with Crippen molar-refractivity contribution in [2.45, 2.75) is 19.8 Å². The lowest BCUT2D eigenvalue weighted by Gasteiger charge is -2.07. The van der Waals surface area contributed by atoms with Crippen LogP contribution in [0, 0.1) is 0 Å². The number of ketones is 1. The lowest BCUT2D eigenvalue weighted by atomic mass is 10.1. The fraction of sp³-hybridized carbons (Fsp3) is 0.235. The summed E-state index contributed by atoms with van der Waals surface area (Å²) < 4.78 is 5.66. The Labute approximate surface area is 124 Å². The van der Waals surface area contributed by atoms with Crippen LogP contribution in [0.3, 0.4) is 0 Å². The van der Waals surface area contributed by atoms with E-state index in [2.05, 4.69) is 0 Å². The van der Waals surface area contributed by atoms with Crippen molar-refractivity contribution in [1.82, 2.24) is 0 Å². The highest BCUT2D eigenvalue weighted by Gasteiger charge is 2.03. The van der Waals surface area contributed by atoms with Crippen LogP contribution >= 0.6 is 11.6 Å². The Morgan fingerprint density at radius 1 is 1.15 bits per heavy atom. The number of ether oxygens (including phenoxy) is 1. The molecule has 3 heteroatoms. The van der Waals surface area contributed by atoms with Gasteiger partial charge in [-0.05, 0) is 42.0 Å². The van der Waals surface area contributed by atoms with E-state index >= 15 is 0 Å². The third-order valence-electron chi connectivity index (χ3n) is 3.05. The van der Waals surface area contributed by atoms with Gasteiger partial charge in [0.1, 0.15) is 5.75 Å². The first-order chi connectivity index (χ1) is 9.69. The minimum atomic E-state index is 0.149. The van der Waals surface area contributed by atoms with E-state index in [1.807, 2.05) is 43.3 Å². The highest BCUT2D eigenvalue weighted by Crippen LogP contribution is 2.15. The molecule has 0 aliphatic rings. The van der Waals surface area contributed by atoms with Crippen molar-refractivity contribution >= 4 is 17.4 Å². The molecule has 0 atom stereocenters. The van der Waals surface area contributed by atoms with Gasteiger partial charge in [0.2, 0.25) is 0 Å². The van der Waals surface area contributed by atoms with E-state index in [-0.39, 0.29) is 5.78 Å². The van der Waals surface area contributed by atoms with Gasteiger partial charge in [0.05, 0.1) is 6.61 Å². The molecule has 0 amide bonds. The van der Waals surface area contributed by atoms with Crippen molar-refractivity contribution in [2.24, 2.45) is 0 Å². The Balaban J connectivity index is 1.86. The number of rotatable bonds is 6. The van der Waals surface area contributed by atoms with Gasteiger partial charge in [-0.15, -0.1) is 0 Å². The summed E-state index contributed by atoms with van der Waals surface area (Å²) in [5.41, 5.74) is 1.88. The number of halogens is 1. The molecule has 0 bridgehead atoms. The van der Waals surface area contributed by atoms with Crippen LogP contribution in [0.4, 0.5) is 0 Å². The second kappa shape index (κ2) is 7.11. The zero-order valence-electron chi connectivity index (χ0n) is 11.4. The van der Waals surface area contributed by atoms with Crippen LogP contribution in [-0.2, 0) is 6.42 Å². The molecular weight excluding hydrogens is 272 g/mol. The predicted molar refractivity (Wildman–Crippen MR) is 81.7 cm³/mol. The van der Waals surface area contributed by atoms with Crippen LogP contribution in [0.25, 0.3) is 0 Å². The van der Waals surface area contributed by atoms with Crippen LogP contribution in [0.2, 0.25) is 5.02 Å².